The normalized spacial score (nSPS) is 23.0. The van der Waals surface area contributed by atoms with Gasteiger partial charge in [-0.15, -0.1) is 0 Å². The van der Waals surface area contributed by atoms with Gasteiger partial charge in [0.25, 0.3) is 0 Å². The van der Waals surface area contributed by atoms with Crippen molar-refractivity contribution < 1.29 is 9.53 Å². The average molecular weight is 347 g/mol. The first-order valence-corrected chi connectivity index (χ1v) is 9.21. The number of rotatable bonds is 4. The first kappa shape index (κ1) is 18.2. The van der Waals surface area contributed by atoms with Gasteiger partial charge in [-0.2, -0.15) is 0 Å². The van der Waals surface area contributed by atoms with Gasteiger partial charge < -0.3 is 14.5 Å². The Kier molecular flexibility index (Phi) is 5.98. The maximum atomic E-state index is 12.7. The van der Waals surface area contributed by atoms with E-state index in [0.29, 0.717) is 32.1 Å². The molecule has 3 rings (SSSR count). The minimum atomic E-state index is -0.228. The highest BCUT2D eigenvalue weighted by Gasteiger charge is 2.29. The van der Waals surface area contributed by atoms with E-state index in [1.165, 1.54) is 0 Å². The Balaban J connectivity index is 1.56. The molecule has 2 aliphatic rings. The molecule has 1 aromatic heterocycles. The summed E-state index contributed by atoms with van der Waals surface area (Å²) in [5, 5.41) is 0. The topological polar surface area (TPSA) is 61.8 Å². The molecule has 25 heavy (non-hydrogen) atoms. The Morgan fingerprint density at radius 3 is 2.40 bits per heavy atom. The van der Waals surface area contributed by atoms with Gasteiger partial charge >= 0.3 is 0 Å². The third-order valence-electron chi connectivity index (χ3n) is 4.98. The van der Waals surface area contributed by atoms with Crippen LogP contribution in [0.1, 0.15) is 30.2 Å². The van der Waals surface area contributed by atoms with Crippen LogP contribution in [0, 0.1) is 13.8 Å². The number of carbonyl (C=O) groups is 1. The lowest BCUT2D eigenvalue weighted by molar-refractivity contribution is -0.140. The highest BCUT2D eigenvalue weighted by atomic mass is 16.5. The standard InChI is InChI=1S/C18H29N5O2/c1-4-21-5-7-22(8-6-21)13-17(24)23-9-10-25-16(12-23)18-19-14(2)11-15(3)20-18/h11,16H,4-10,12-13H2,1-3H3. The average Bonchev–Trinajstić information content (AvgIpc) is 2.61. The smallest absolute Gasteiger partial charge is 0.236 e. The van der Waals surface area contributed by atoms with Crippen LogP contribution in [0.25, 0.3) is 0 Å². The van der Waals surface area contributed by atoms with Gasteiger partial charge in [-0.05, 0) is 26.5 Å². The van der Waals surface area contributed by atoms with E-state index in [0.717, 1.165) is 44.1 Å². The number of ether oxygens (including phenoxy) is 1. The summed E-state index contributed by atoms with van der Waals surface area (Å²) in [6.07, 6.45) is -0.228. The zero-order chi connectivity index (χ0) is 17.8. The number of aryl methyl sites for hydroxylation is 2. The third-order valence-corrected chi connectivity index (χ3v) is 4.98. The highest BCUT2D eigenvalue weighted by Crippen LogP contribution is 2.20. The summed E-state index contributed by atoms with van der Waals surface area (Å²) in [6.45, 7) is 13.4. The molecule has 2 saturated heterocycles. The summed E-state index contributed by atoms with van der Waals surface area (Å²) in [6, 6.07) is 1.95. The fourth-order valence-electron chi connectivity index (χ4n) is 3.48. The Hall–Kier alpha value is -1.57. The van der Waals surface area contributed by atoms with Crippen molar-refractivity contribution in [1.29, 1.82) is 0 Å². The van der Waals surface area contributed by atoms with Crippen molar-refractivity contribution in [1.82, 2.24) is 24.7 Å². The molecule has 0 saturated carbocycles. The van der Waals surface area contributed by atoms with Crippen molar-refractivity contribution in [2.75, 3.05) is 59.0 Å². The van der Waals surface area contributed by atoms with Crippen molar-refractivity contribution in [2.45, 2.75) is 26.9 Å². The lowest BCUT2D eigenvalue weighted by Crippen LogP contribution is -2.51. The molecule has 3 heterocycles. The van der Waals surface area contributed by atoms with E-state index >= 15 is 0 Å². The molecule has 7 heteroatoms. The zero-order valence-electron chi connectivity index (χ0n) is 15.6. The lowest BCUT2D eigenvalue weighted by atomic mass is 10.2. The third kappa shape index (κ3) is 4.74. The van der Waals surface area contributed by atoms with Crippen molar-refractivity contribution >= 4 is 5.91 Å². The number of morpholine rings is 1. The number of likely N-dealkylation sites (N-methyl/N-ethyl adjacent to an activating group) is 1. The van der Waals surface area contributed by atoms with E-state index in [-0.39, 0.29) is 12.0 Å². The van der Waals surface area contributed by atoms with Gasteiger partial charge in [-0.3, -0.25) is 9.69 Å². The van der Waals surface area contributed by atoms with Crippen LogP contribution in [0.5, 0.6) is 0 Å². The molecular weight excluding hydrogens is 318 g/mol. The molecule has 2 aliphatic heterocycles. The number of hydrogen-bond donors (Lipinski definition) is 0. The SMILES string of the molecule is CCN1CCN(CC(=O)N2CCOC(c3nc(C)cc(C)n3)C2)CC1. The Labute approximate surface area is 150 Å². The first-order chi connectivity index (χ1) is 12.0. The molecule has 138 valence electrons. The molecule has 1 unspecified atom stereocenters. The van der Waals surface area contributed by atoms with Gasteiger partial charge in [0, 0.05) is 44.1 Å². The monoisotopic (exact) mass is 347 g/mol. The molecule has 7 nitrogen and oxygen atoms in total. The van der Waals surface area contributed by atoms with Crippen molar-refractivity contribution in [3.8, 4) is 0 Å². The van der Waals surface area contributed by atoms with Gasteiger partial charge in [0.1, 0.15) is 6.10 Å². The van der Waals surface area contributed by atoms with E-state index in [1.807, 2.05) is 24.8 Å². The fraction of sp³-hybridized carbons (Fsp3) is 0.722. The minimum absolute atomic E-state index is 0.183. The van der Waals surface area contributed by atoms with Crippen LogP contribution in [0.4, 0.5) is 0 Å². The van der Waals surface area contributed by atoms with Crippen molar-refractivity contribution in [3.05, 3.63) is 23.3 Å². The number of nitrogens with zero attached hydrogens (tertiary/aromatic N) is 5. The van der Waals surface area contributed by atoms with Gasteiger partial charge in [0.05, 0.1) is 19.7 Å². The molecule has 2 fully saturated rings. The van der Waals surface area contributed by atoms with Crippen LogP contribution in [0.15, 0.2) is 6.07 Å². The largest absolute Gasteiger partial charge is 0.367 e. The van der Waals surface area contributed by atoms with E-state index in [2.05, 4.69) is 26.7 Å². The summed E-state index contributed by atoms with van der Waals surface area (Å²) >= 11 is 0. The molecular formula is C18H29N5O2. The summed E-state index contributed by atoms with van der Waals surface area (Å²) < 4.78 is 5.83. The second kappa shape index (κ2) is 8.21. The molecule has 0 aliphatic carbocycles. The van der Waals surface area contributed by atoms with Crippen molar-refractivity contribution in [2.24, 2.45) is 0 Å². The maximum Gasteiger partial charge on any atom is 0.236 e. The minimum Gasteiger partial charge on any atom is -0.367 e. The predicted octanol–water partition coefficient (Wildman–Crippen LogP) is 0.631. The zero-order valence-corrected chi connectivity index (χ0v) is 15.6. The van der Waals surface area contributed by atoms with Gasteiger partial charge in [-0.25, -0.2) is 9.97 Å². The number of carbonyl (C=O) groups excluding carboxylic acids is 1. The molecule has 1 amide bonds. The predicted molar refractivity (Wildman–Crippen MR) is 95.3 cm³/mol. The van der Waals surface area contributed by atoms with Crippen LogP contribution in [0.3, 0.4) is 0 Å². The highest BCUT2D eigenvalue weighted by molar-refractivity contribution is 5.78. The Morgan fingerprint density at radius 2 is 1.76 bits per heavy atom. The molecule has 0 spiro atoms. The van der Waals surface area contributed by atoms with Crippen LogP contribution < -0.4 is 0 Å². The molecule has 1 atom stereocenters. The number of amides is 1. The summed E-state index contributed by atoms with van der Waals surface area (Å²) in [5.41, 5.74) is 1.87. The first-order valence-electron chi connectivity index (χ1n) is 9.21. The lowest BCUT2D eigenvalue weighted by Gasteiger charge is -2.36. The van der Waals surface area contributed by atoms with Crippen LogP contribution in [0.2, 0.25) is 0 Å². The molecule has 1 aromatic rings. The molecule has 0 N–H and O–H groups in total. The number of hydrogen-bond acceptors (Lipinski definition) is 6. The summed E-state index contributed by atoms with van der Waals surface area (Å²) in [7, 11) is 0. The molecule has 0 aromatic carbocycles. The van der Waals surface area contributed by atoms with Crippen LogP contribution in [-0.2, 0) is 9.53 Å². The molecule has 0 radical (unpaired) electrons. The van der Waals surface area contributed by atoms with E-state index in [1.54, 1.807) is 0 Å². The van der Waals surface area contributed by atoms with E-state index in [9.17, 15) is 4.79 Å². The summed E-state index contributed by atoms with van der Waals surface area (Å²) in [4.78, 5) is 28.3. The van der Waals surface area contributed by atoms with Gasteiger partial charge in [0.15, 0.2) is 5.82 Å². The quantitative estimate of drug-likeness (QED) is 0.796. The summed E-state index contributed by atoms with van der Waals surface area (Å²) in [5.74, 6) is 0.870. The fourth-order valence-corrected chi connectivity index (χ4v) is 3.48. The van der Waals surface area contributed by atoms with E-state index in [4.69, 9.17) is 4.74 Å². The van der Waals surface area contributed by atoms with E-state index < -0.39 is 0 Å². The van der Waals surface area contributed by atoms with Crippen molar-refractivity contribution in [3.63, 3.8) is 0 Å². The van der Waals surface area contributed by atoms with Gasteiger partial charge in [-0.1, -0.05) is 6.92 Å². The van der Waals surface area contributed by atoms with Crippen LogP contribution >= 0.6 is 0 Å². The maximum absolute atomic E-state index is 12.7. The molecule has 0 bridgehead atoms. The Morgan fingerprint density at radius 1 is 1.12 bits per heavy atom. The number of aromatic nitrogens is 2. The second-order valence-corrected chi connectivity index (χ2v) is 6.92. The Bertz CT molecular complexity index is 581. The second-order valence-electron chi connectivity index (χ2n) is 6.92. The van der Waals surface area contributed by atoms with Crippen LogP contribution in [-0.4, -0.2) is 89.5 Å². The van der Waals surface area contributed by atoms with Gasteiger partial charge in [0.2, 0.25) is 5.91 Å². The number of piperazine rings is 1.